The molecular weight excluding hydrogens is 484 g/mol. The molecule has 4 aromatic heterocycles. The molecule has 9 nitrogen and oxygen atoms in total. The molecule has 0 aliphatic carbocycles. The lowest BCUT2D eigenvalue weighted by molar-refractivity contribution is -0.127. The molecule has 0 radical (unpaired) electrons. The van der Waals surface area contributed by atoms with Crippen LogP contribution in [-0.4, -0.2) is 40.6 Å². The Bertz CT molecular complexity index is 1880. The highest BCUT2D eigenvalue weighted by Crippen LogP contribution is 2.39. The van der Waals surface area contributed by atoms with Crippen molar-refractivity contribution in [3.8, 4) is 17.2 Å². The van der Waals surface area contributed by atoms with Crippen LogP contribution in [-0.2, 0) is 11.3 Å². The Morgan fingerprint density at radius 2 is 1.84 bits per heavy atom. The van der Waals surface area contributed by atoms with Gasteiger partial charge in [-0.15, -0.1) is 0 Å². The van der Waals surface area contributed by atoms with Gasteiger partial charge in [0.05, 0.1) is 48.4 Å². The molecule has 0 spiro atoms. The maximum atomic E-state index is 13.9. The first-order chi connectivity index (χ1) is 18.5. The summed E-state index contributed by atoms with van der Waals surface area (Å²) < 4.78 is 18.7. The topological polar surface area (TPSA) is 104 Å². The summed E-state index contributed by atoms with van der Waals surface area (Å²) in [6.45, 7) is 2.00. The van der Waals surface area contributed by atoms with Crippen molar-refractivity contribution in [3.63, 3.8) is 0 Å². The zero-order valence-corrected chi connectivity index (χ0v) is 21.0. The van der Waals surface area contributed by atoms with Crippen LogP contribution in [0.1, 0.15) is 12.6 Å². The third kappa shape index (κ3) is 3.62. The summed E-state index contributed by atoms with van der Waals surface area (Å²) in [6, 6.07) is 16.4. The van der Waals surface area contributed by atoms with Crippen molar-refractivity contribution < 1.29 is 19.0 Å². The number of benzene rings is 2. The lowest BCUT2D eigenvalue weighted by Crippen LogP contribution is -2.36. The second kappa shape index (κ2) is 9.19. The monoisotopic (exact) mass is 508 g/mol. The van der Waals surface area contributed by atoms with Crippen LogP contribution in [0.25, 0.3) is 38.1 Å². The molecule has 0 aliphatic heterocycles. The molecule has 1 amide bonds. The van der Waals surface area contributed by atoms with Gasteiger partial charge in [0.25, 0.3) is 11.5 Å². The minimum Gasteiger partial charge on any atom is -0.493 e. The van der Waals surface area contributed by atoms with Gasteiger partial charge in [0, 0.05) is 28.6 Å². The fourth-order valence-electron chi connectivity index (χ4n) is 4.96. The van der Waals surface area contributed by atoms with Gasteiger partial charge in [-0.3, -0.25) is 24.0 Å². The van der Waals surface area contributed by atoms with E-state index in [0.717, 1.165) is 16.5 Å². The minimum absolute atomic E-state index is 0.229. The van der Waals surface area contributed by atoms with Gasteiger partial charge in [-0.25, -0.2) is 0 Å². The van der Waals surface area contributed by atoms with E-state index in [1.807, 2.05) is 42.5 Å². The van der Waals surface area contributed by atoms with E-state index in [1.165, 1.54) is 14.2 Å². The molecule has 0 saturated heterocycles. The Morgan fingerprint density at radius 3 is 2.61 bits per heavy atom. The lowest BCUT2D eigenvalue weighted by atomic mass is 10.1. The van der Waals surface area contributed by atoms with Crippen LogP contribution >= 0.6 is 0 Å². The van der Waals surface area contributed by atoms with E-state index >= 15 is 0 Å². The van der Waals surface area contributed by atoms with Gasteiger partial charge in [-0.1, -0.05) is 6.07 Å². The summed E-state index contributed by atoms with van der Waals surface area (Å²) in [4.78, 5) is 35.3. The number of ether oxygens (including phenoxy) is 3. The van der Waals surface area contributed by atoms with Gasteiger partial charge in [0.1, 0.15) is 5.75 Å². The van der Waals surface area contributed by atoms with Crippen LogP contribution in [0, 0.1) is 0 Å². The molecule has 38 heavy (non-hydrogen) atoms. The number of nitrogens with one attached hydrogen (secondary N) is 1. The third-order valence-corrected chi connectivity index (χ3v) is 6.72. The molecule has 0 saturated carbocycles. The Kier molecular flexibility index (Phi) is 5.68. The number of nitrogens with zero attached hydrogens (tertiary/aromatic N) is 3. The molecule has 9 heteroatoms. The summed E-state index contributed by atoms with van der Waals surface area (Å²) in [5.74, 6) is 1.09. The fourth-order valence-corrected chi connectivity index (χ4v) is 4.96. The standard InChI is InChI=1S/C29H24N4O5/c1-16(28(34)32-15-17-6-4-5-12-30-17)38-18-7-9-22-21(14-18)19-11-13-31-25-20-8-10-23(36-2)27(37-3)24(20)29(35)33(22)26(19)25/h4-14,16H,15H2,1-3H3,(H,32,34)/t16-/m0/s1. The third-order valence-electron chi connectivity index (χ3n) is 6.72. The molecule has 1 atom stereocenters. The van der Waals surface area contributed by atoms with Crippen molar-refractivity contribution in [3.05, 3.63) is 83.0 Å². The summed E-state index contributed by atoms with van der Waals surface area (Å²) in [6.07, 6.45) is 2.67. The minimum atomic E-state index is -0.736. The van der Waals surface area contributed by atoms with E-state index in [2.05, 4.69) is 15.3 Å². The Hall–Kier alpha value is -4.92. The van der Waals surface area contributed by atoms with Gasteiger partial charge in [-0.05, 0) is 55.5 Å². The highest BCUT2D eigenvalue weighted by molar-refractivity contribution is 6.19. The van der Waals surface area contributed by atoms with Crippen molar-refractivity contribution in [1.29, 1.82) is 0 Å². The number of carbonyl (C=O) groups excluding carboxylic acids is 1. The first-order valence-corrected chi connectivity index (χ1v) is 12.1. The van der Waals surface area contributed by atoms with Gasteiger partial charge in [0.15, 0.2) is 17.6 Å². The average Bonchev–Trinajstić information content (AvgIpc) is 3.29. The summed E-state index contributed by atoms with van der Waals surface area (Å²) in [7, 11) is 3.05. The zero-order chi connectivity index (χ0) is 26.4. The fraction of sp³-hybridized carbons (Fsp3) is 0.172. The molecule has 0 unspecified atom stereocenters. The predicted octanol–water partition coefficient (Wildman–Crippen LogP) is 4.09. The first kappa shape index (κ1) is 23.5. The number of methoxy groups -OCH3 is 2. The largest absolute Gasteiger partial charge is 0.493 e. The van der Waals surface area contributed by atoms with Crippen molar-refractivity contribution >= 4 is 44.0 Å². The molecule has 1 N–H and O–H groups in total. The maximum absolute atomic E-state index is 13.9. The number of amides is 1. The molecule has 6 rings (SSSR count). The zero-order valence-electron chi connectivity index (χ0n) is 21.0. The molecule has 4 heterocycles. The molecule has 2 aromatic carbocycles. The quantitative estimate of drug-likeness (QED) is 0.324. The van der Waals surface area contributed by atoms with E-state index in [-0.39, 0.29) is 11.5 Å². The number of pyridine rings is 3. The van der Waals surface area contributed by atoms with Crippen molar-refractivity contribution in [2.45, 2.75) is 19.6 Å². The summed E-state index contributed by atoms with van der Waals surface area (Å²) in [5, 5.41) is 5.60. The molecule has 6 aromatic rings. The molecule has 0 aliphatic rings. The number of hydrogen-bond donors (Lipinski definition) is 1. The van der Waals surface area contributed by atoms with Crippen LogP contribution in [0.3, 0.4) is 0 Å². The highest BCUT2D eigenvalue weighted by Gasteiger charge is 2.23. The number of fused-ring (bicyclic) bond motifs is 5. The van der Waals surface area contributed by atoms with E-state index in [9.17, 15) is 9.59 Å². The molecular formula is C29H24N4O5. The lowest BCUT2D eigenvalue weighted by Gasteiger charge is -2.15. The van der Waals surface area contributed by atoms with E-state index in [0.29, 0.717) is 51.1 Å². The Morgan fingerprint density at radius 1 is 0.974 bits per heavy atom. The van der Waals surface area contributed by atoms with Crippen LogP contribution < -0.4 is 25.1 Å². The maximum Gasteiger partial charge on any atom is 0.267 e. The Labute approximate surface area is 216 Å². The molecule has 190 valence electrons. The van der Waals surface area contributed by atoms with Crippen LogP contribution in [0.4, 0.5) is 0 Å². The van der Waals surface area contributed by atoms with Crippen LogP contribution in [0.5, 0.6) is 17.2 Å². The number of hydrogen-bond acceptors (Lipinski definition) is 7. The van der Waals surface area contributed by atoms with Crippen molar-refractivity contribution in [2.75, 3.05) is 14.2 Å². The van der Waals surface area contributed by atoms with Crippen LogP contribution in [0.15, 0.2) is 71.8 Å². The van der Waals surface area contributed by atoms with Gasteiger partial charge >= 0.3 is 0 Å². The molecule has 0 fully saturated rings. The predicted molar refractivity (Wildman–Crippen MR) is 144 cm³/mol. The van der Waals surface area contributed by atoms with E-state index in [1.54, 1.807) is 35.9 Å². The second-order valence-electron chi connectivity index (χ2n) is 8.90. The number of rotatable bonds is 7. The van der Waals surface area contributed by atoms with Crippen LogP contribution in [0.2, 0.25) is 0 Å². The van der Waals surface area contributed by atoms with Crippen molar-refractivity contribution in [1.82, 2.24) is 19.7 Å². The molecule has 0 bridgehead atoms. The number of aromatic nitrogens is 3. The normalized spacial score (nSPS) is 12.3. The Balaban J connectivity index is 1.43. The van der Waals surface area contributed by atoms with E-state index < -0.39 is 6.10 Å². The van der Waals surface area contributed by atoms with Gasteiger partial charge in [0.2, 0.25) is 0 Å². The van der Waals surface area contributed by atoms with Crippen molar-refractivity contribution in [2.24, 2.45) is 0 Å². The SMILES string of the molecule is COc1ccc2c(c1OC)c(=O)n1c3ccc(O[C@@H](C)C(=O)NCc4ccccn4)cc3c3ccnc2c31. The van der Waals surface area contributed by atoms with E-state index in [4.69, 9.17) is 14.2 Å². The average molecular weight is 509 g/mol. The highest BCUT2D eigenvalue weighted by atomic mass is 16.5. The first-order valence-electron chi connectivity index (χ1n) is 12.1. The smallest absolute Gasteiger partial charge is 0.267 e. The van der Waals surface area contributed by atoms with Gasteiger partial charge in [-0.2, -0.15) is 0 Å². The summed E-state index contributed by atoms with van der Waals surface area (Å²) in [5.41, 5.74) is 2.63. The second-order valence-corrected chi connectivity index (χ2v) is 8.90. The van der Waals surface area contributed by atoms with Gasteiger partial charge < -0.3 is 19.5 Å². The summed E-state index contributed by atoms with van der Waals surface area (Å²) >= 11 is 0. The number of carbonyl (C=O) groups is 1.